The number of hydrogen-bond donors (Lipinski definition) is 0. The van der Waals surface area contributed by atoms with E-state index in [9.17, 15) is 0 Å². The molecule has 9 heteroatoms. The Morgan fingerprint density at radius 2 is 1.69 bits per heavy atom. The summed E-state index contributed by atoms with van der Waals surface area (Å²) in [6, 6.07) is 9.66. The van der Waals surface area contributed by atoms with E-state index in [-0.39, 0.29) is 0 Å². The molecule has 2 fully saturated rings. The van der Waals surface area contributed by atoms with Gasteiger partial charge in [0, 0.05) is 23.5 Å². The number of hydrogen-bond acceptors (Lipinski definition) is 7. The molecule has 2 aliphatic rings. The van der Waals surface area contributed by atoms with Crippen LogP contribution in [0.4, 0.5) is 0 Å². The fraction of sp³-hybridized carbons (Fsp3) is 0.565. The smallest absolute Gasteiger partial charge is 0.184 e. The van der Waals surface area contributed by atoms with E-state index in [1.54, 1.807) is 0 Å². The molecule has 0 amide bonds. The van der Waals surface area contributed by atoms with E-state index < -0.39 is 0 Å². The van der Waals surface area contributed by atoms with Gasteiger partial charge < -0.3 is 0 Å². The van der Waals surface area contributed by atoms with Crippen LogP contribution < -0.4 is 0 Å². The molecule has 166 valence electrons. The molecule has 0 N–H and O–H groups in total. The summed E-state index contributed by atoms with van der Waals surface area (Å²) in [5.41, 5.74) is 4.26. The molecular weight excluding hydrogens is 402 g/mol. The van der Waals surface area contributed by atoms with Crippen molar-refractivity contribution in [2.75, 3.05) is 0 Å². The molecule has 3 heterocycles. The first-order valence-corrected chi connectivity index (χ1v) is 11.9. The molecule has 0 aliphatic heterocycles. The Morgan fingerprint density at radius 3 is 2.53 bits per heavy atom. The zero-order valence-corrected chi connectivity index (χ0v) is 18.6. The van der Waals surface area contributed by atoms with Crippen LogP contribution in [0.25, 0.3) is 16.6 Å². The van der Waals surface area contributed by atoms with E-state index in [2.05, 4.69) is 71.8 Å². The van der Waals surface area contributed by atoms with Crippen LogP contribution in [0, 0.1) is 6.92 Å². The normalized spacial score (nSPS) is 18.1. The van der Waals surface area contributed by atoms with Crippen LogP contribution in [0.1, 0.15) is 74.4 Å². The molecule has 2 saturated carbocycles. The SMILES string of the molecule is Cc1ccc2c(c1)cc(CN(Cc1nnnn1C1CCCC1)C1CCCC1)c1nnnn12. The molecule has 0 bridgehead atoms. The Bertz CT molecular complexity index is 1230. The van der Waals surface area contributed by atoms with Crippen LogP contribution in [-0.4, -0.2) is 51.2 Å². The van der Waals surface area contributed by atoms with E-state index in [1.165, 1.54) is 62.3 Å². The van der Waals surface area contributed by atoms with Gasteiger partial charge in [-0.2, -0.15) is 4.52 Å². The Kier molecular flexibility index (Phi) is 5.05. The summed E-state index contributed by atoms with van der Waals surface area (Å²) in [5, 5.41) is 26.7. The second-order valence-corrected chi connectivity index (χ2v) is 9.47. The van der Waals surface area contributed by atoms with Gasteiger partial charge in [0.1, 0.15) is 0 Å². The number of tetrazole rings is 2. The largest absolute Gasteiger partial charge is 0.288 e. The molecule has 2 aliphatic carbocycles. The highest BCUT2D eigenvalue weighted by molar-refractivity contribution is 5.83. The van der Waals surface area contributed by atoms with Gasteiger partial charge in [-0.3, -0.25) is 4.90 Å². The van der Waals surface area contributed by atoms with Gasteiger partial charge in [0.15, 0.2) is 11.5 Å². The first-order valence-electron chi connectivity index (χ1n) is 11.9. The van der Waals surface area contributed by atoms with E-state index >= 15 is 0 Å². The molecule has 1 aromatic carbocycles. The van der Waals surface area contributed by atoms with Crippen LogP contribution in [-0.2, 0) is 13.1 Å². The summed E-state index contributed by atoms with van der Waals surface area (Å²) < 4.78 is 3.96. The lowest BCUT2D eigenvalue weighted by atomic mass is 10.1. The molecule has 6 rings (SSSR count). The third-order valence-electron chi connectivity index (χ3n) is 7.29. The monoisotopic (exact) mass is 431 g/mol. The molecule has 0 atom stereocenters. The summed E-state index contributed by atoms with van der Waals surface area (Å²) in [4.78, 5) is 2.55. The number of aromatic nitrogens is 8. The van der Waals surface area contributed by atoms with Crippen molar-refractivity contribution in [3.8, 4) is 0 Å². The predicted molar refractivity (Wildman–Crippen MR) is 120 cm³/mol. The van der Waals surface area contributed by atoms with Crippen LogP contribution in [0.5, 0.6) is 0 Å². The highest BCUT2D eigenvalue weighted by atomic mass is 15.6. The first kappa shape index (κ1) is 19.7. The third kappa shape index (κ3) is 3.54. The average molecular weight is 432 g/mol. The van der Waals surface area contributed by atoms with Crippen molar-refractivity contribution < 1.29 is 0 Å². The summed E-state index contributed by atoms with van der Waals surface area (Å²) in [5.74, 6) is 0.982. The van der Waals surface area contributed by atoms with Crippen LogP contribution >= 0.6 is 0 Å². The molecule has 0 radical (unpaired) electrons. The summed E-state index contributed by atoms with van der Waals surface area (Å²) >= 11 is 0. The lowest BCUT2D eigenvalue weighted by Gasteiger charge is -2.29. The molecule has 4 aromatic rings. The molecule has 0 spiro atoms. The summed E-state index contributed by atoms with van der Waals surface area (Å²) in [7, 11) is 0. The van der Waals surface area contributed by atoms with Gasteiger partial charge in [-0.25, -0.2) is 4.68 Å². The Labute approximate surface area is 186 Å². The lowest BCUT2D eigenvalue weighted by Crippen LogP contribution is -2.34. The van der Waals surface area contributed by atoms with Crippen molar-refractivity contribution in [3.05, 3.63) is 41.2 Å². The van der Waals surface area contributed by atoms with Crippen LogP contribution in [0.3, 0.4) is 0 Å². The van der Waals surface area contributed by atoms with Crippen LogP contribution in [0.15, 0.2) is 24.3 Å². The average Bonchev–Trinajstić information content (AvgIpc) is 3.60. The topological polar surface area (TPSA) is 89.9 Å². The maximum absolute atomic E-state index is 4.44. The molecule has 0 unspecified atom stereocenters. The summed E-state index contributed by atoms with van der Waals surface area (Å²) in [6.45, 7) is 3.67. The fourth-order valence-corrected chi connectivity index (χ4v) is 5.63. The number of fused-ring (bicyclic) bond motifs is 3. The van der Waals surface area contributed by atoms with Gasteiger partial charge in [-0.15, -0.1) is 10.2 Å². The molecular formula is C23H29N9. The van der Waals surface area contributed by atoms with Gasteiger partial charge in [-0.05, 0) is 71.7 Å². The molecule has 3 aromatic heterocycles. The Morgan fingerprint density at radius 1 is 0.906 bits per heavy atom. The number of nitrogens with zero attached hydrogens (tertiary/aromatic N) is 9. The van der Waals surface area contributed by atoms with Crippen molar-refractivity contribution in [1.82, 2.24) is 45.1 Å². The molecule has 9 nitrogen and oxygen atoms in total. The van der Waals surface area contributed by atoms with Crippen molar-refractivity contribution >= 4 is 16.6 Å². The standard InChI is InChI=1S/C23H29N9/c1-16-10-11-21-17(12-16)13-18(23-25-27-29-32(21)23)14-30(19-6-2-3-7-19)15-22-24-26-28-31(22)20-8-4-5-9-20/h10-13,19-20H,2-9,14-15H2,1H3. The van der Waals surface area contributed by atoms with Crippen molar-refractivity contribution in [2.45, 2.75) is 83.5 Å². The second-order valence-electron chi connectivity index (χ2n) is 9.47. The molecule has 32 heavy (non-hydrogen) atoms. The zero-order chi connectivity index (χ0) is 21.5. The number of rotatable bonds is 6. The Balaban J connectivity index is 1.37. The van der Waals surface area contributed by atoms with E-state index in [1.807, 2.05) is 4.52 Å². The zero-order valence-electron chi connectivity index (χ0n) is 18.6. The minimum atomic E-state index is 0.446. The van der Waals surface area contributed by atoms with Gasteiger partial charge >= 0.3 is 0 Å². The van der Waals surface area contributed by atoms with E-state index in [4.69, 9.17) is 0 Å². The number of aryl methyl sites for hydroxylation is 1. The maximum Gasteiger partial charge on any atom is 0.184 e. The fourth-order valence-electron chi connectivity index (χ4n) is 5.63. The quantitative estimate of drug-likeness (QED) is 0.460. The second kappa shape index (κ2) is 8.20. The van der Waals surface area contributed by atoms with Crippen molar-refractivity contribution in [1.29, 1.82) is 0 Å². The van der Waals surface area contributed by atoms with Gasteiger partial charge in [0.25, 0.3) is 0 Å². The van der Waals surface area contributed by atoms with Crippen molar-refractivity contribution in [3.63, 3.8) is 0 Å². The molecule has 0 saturated heterocycles. The van der Waals surface area contributed by atoms with Gasteiger partial charge in [0.2, 0.25) is 0 Å². The Hall–Kier alpha value is -2.94. The van der Waals surface area contributed by atoms with Gasteiger partial charge in [0.05, 0.1) is 18.1 Å². The highest BCUT2D eigenvalue weighted by Crippen LogP contribution is 2.31. The highest BCUT2D eigenvalue weighted by Gasteiger charge is 2.28. The van der Waals surface area contributed by atoms with E-state index in [0.29, 0.717) is 12.1 Å². The van der Waals surface area contributed by atoms with Crippen molar-refractivity contribution in [2.24, 2.45) is 0 Å². The maximum atomic E-state index is 4.44. The first-order chi connectivity index (χ1) is 15.8. The third-order valence-corrected chi connectivity index (χ3v) is 7.29. The summed E-state index contributed by atoms with van der Waals surface area (Å²) in [6.07, 6.45) is 9.91. The van der Waals surface area contributed by atoms with Crippen LogP contribution in [0.2, 0.25) is 0 Å². The van der Waals surface area contributed by atoms with E-state index in [0.717, 1.165) is 35.6 Å². The minimum absolute atomic E-state index is 0.446. The minimum Gasteiger partial charge on any atom is -0.288 e. The number of pyridine rings is 1. The lowest BCUT2D eigenvalue weighted by molar-refractivity contribution is 0.171. The predicted octanol–water partition coefficient (Wildman–Crippen LogP) is 3.63. The number of benzene rings is 1. The van der Waals surface area contributed by atoms with Gasteiger partial charge in [-0.1, -0.05) is 37.3 Å².